The summed E-state index contributed by atoms with van der Waals surface area (Å²) < 4.78 is 5.07. The third-order valence-corrected chi connectivity index (χ3v) is 4.38. The second-order valence-corrected chi connectivity index (χ2v) is 7.43. The van der Waals surface area contributed by atoms with Crippen LogP contribution in [0.25, 0.3) is 0 Å². The summed E-state index contributed by atoms with van der Waals surface area (Å²) in [6.45, 7) is 3.68. The van der Waals surface area contributed by atoms with Gasteiger partial charge in [-0.2, -0.15) is 0 Å². The maximum Gasteiger partial charge on any atom is 0.251 e. The number of ether oxygens (including phenoxy) is 1. The van der Waals surface area contributed by atoms with Gasteiger partial charge in [0.1, 0.15) is 17.9 Å². The molecule has 0 spiro atoms. The van der Waals surface area contributed by atoms with Crippen LogP contribution in [0.5, 0.6) is 5.75 Å². The van der Waals surface area contributed by atoms with Gasteiger partial charge < -0.3 is 25.8 Å². The number of benzene rings is 1. The summed E-state index contributed by atoms with van der Waals surface area (Å²) in [4.78, 5) is 36.8. The average Bonchev–Trinajstić information content (AvgIpc) is 3.48. The monoisotopic (exact) mass is 391 g/mol. The Labute approximate surface area is 165 Å². The fraction of sp³-hybridized carbons (Fsp3) is 0.550. The van der Waals surface area contributed by atoms with Crippen molar-refractivity contribution >= 4 is 17.7 Å². The molecule has 2 rings (SSSR count). The number of carbonyl (C=O) groups is 3. The van der Waals surface area contributed by atoms with Crippen LogP contribution in [0, 0.1) is 5.92 Å². The lowest BCUT2D eigenvalue weighted by molar-refractivity contribution is -0.130. The van der Waals surface area contributed by atoms with Crippen LogP contribution in [0.4, 0.5) is 0 Å². The summed E-state index contributed by atoms with van der Waals surface area (Å²) in [6.07, 6.45) is 0.941. The molecule has 1 unspecified atom stereocenters. The lowest BCUT2D eigenvalue weighted by Crippen LogP contribution is -2.50. The summed E-state index contributed by atoms with van der Waals surface area (Å²) in [5.74, 6) is -0.517. The molecule has 1 aromatic rings. The minimum atomic E-state index is -1.32. The highest BCUT2D eigenvalue weighted by molar-refractivity contribution is 5.97. The Morgan fingerprint density at radius 3 is 2.32 bits per heavy atom. The molecule has 1 saturated carbocycles. The van der Waals surface area contributed by atoms with Gasteiger partial charge in [-0.25, -0.2) is 0 Å². The fourth-order valence-electron chi connectivity index (χ4n) is 2.63. The maximum atomic E-state index is 12.5. The first kappa shape index (κ1) is 21.7. The SMILES string of the molecule is COc1ccc(C(=O)N[C@@H](CC(C)C)C(=O)NCC(O)C(=O)NC2CC2)cc1. The molecule has 154 valence electrons. The van der Waals surface area contributed by atoms with Crippen molar-refractivity contribution in [3.63, 3.8) is 0 Å². The Morgan fingerprint density at radius 1 is 1.14 bits per heavy atom. The Bertz CT molecular complexity index is 686. The molecule has 1 aromatic carbocycles. The molecule has 1 fully saturated rings. The van der Waals surface area contributed by atoms with Gasteiger partial charge in [-0.1, -0.05) is 13.8 Å². The molecule has 1 aliphatic rings. The molecular weight excluding hydrogens is 362 g/mol. The Kier molecular flexibility index (Phi) is 7.80. The zero-order valence-corrected chi connectivity index (χ0v) is 16.5. The van der Waals surface area contributed by atoms with Gasteiger partial charge in [0, 0.05) is 11.6 Å². The Balaban J connectivity index is 1.91. The van der Waals surface area contributed by atoms with E-state index < -0.39 is 24.0 Å². The first-order valence-electron chi connectivity index (χ1n) is 9.51. The van der Waals surface area contributed by atoms with Crippen molar-refractivity contribution in [2.75, 3.05) is 13.7 Å². The normalized spacial score (nSPS) is 15.5. The topological polar surface area (TPSA) is 117 Å². The van der Waals surface area contributed by atoms with Gasteiger partial charge in [-0.15, -0.1) is 0 Å². The first-order chi connectivity index (χ1) is 13.3. The number of rotatable bonds is 10. The average molecular weight is 391 g/mol. The third-order valence-electron chi connectivity index (χ3n) is 4.38. The third kappa shape index (κ3) is 6.84. The predicted molar refractivity (Wildman–Crippen MR) is 104 cm³/mol. The van der Waals surface area contributed by atoms with Crippen LogP contribution in [-0.2, 0) is 9.59 Å². The van der Waals surface area contributed by atoms with E-state index >= 15 is 0 Å². The molecule has 2 atom stereocenters. The number of hydrogen-bond donors (Lipinski definition) is 4. The van der Waals surface area contributed by atoms with Gasteiger partial charge in [-0.3, -0.25) is 14.4 Å². The zero-order valence-electron chi connectivity index (χ0n) is 16.5. The summed E-state index contributed by atoms with van der Waals surface area (Å²) in [7, 11) is 1.54. The van der Waals surface area contributed by atoms with Crippen LogP contribution >= 0.6 is 0 Å². The van der Waals surface area contributed by atoms with E-state index in [1.54, 1.807) is 24.3 Å². The predicted octanol–water partition coefficient (Wildman–Crippen LogP) is 0.595. The lowest BCUT2D eigenvalue weighted by Gasteiger charge is -2.21. The molecule has 0 saturated heterocycles. The van der Waals surface area contributed by atoms with E-state index in [1.807, 2.05) is 13.8 Å². The summed E-state index contributed by atoms with van der Waals surface area (Å²) >= 11 is 0. The Hall–Kier alpha value is -2.61. The highest BCUT2D eigenvalue weighted by atomic mass is 16.5. The number of nitrogens with one attached hydrogen (secondary N) is 3. The van der Waals surface area contributed by atoms with Crippen LogP contribution in [0.15, 0.2) is 24.3 Å². The highest BCUT2D eigenvalue weighted by Crippen LogP contribution is 2.18. The second-order valence-electron chi connectivity index (χ2n) is 7.43. The van der Waals surface area contributed by atoms with Gasteiger partial charge in [0.15, 0.2) is 0 Å². The molecule has 28 heavy (non-hydrogen) atoms. The van der Waals surface area contributed by atoms with Gasteiger partial charge >= 0.3 is 0 Å². The van der Waals surface area contributed by atoms with E-state index in [9.17, 15) is 19.5 Å². The summed E-state index contributed by atoms with van der Waals surface area (Å²) in [6, 6.07) is 5.93. The van der Waals surface area contributed by atoms with Gasteiger partial charge in [0.05, 0.1) is 13.7 Å². The van der Waals surface area contributed by atoms with Crippen molar-refractivity contribution in [2.45, 2.75) is 51.3 Å². The van der Waals surface area contributed by atoms with Crippen molar-refractivity contribution in [2.24, 2.45) is 5.92 Å². The molecule has 0 aromatic heterocycles. The van der Waals surface area contributed by atoms with Gasteiger partial charge in [0.2, 0.25) is 5.91 Å². The minimum absolute atomic E-state index is 0.135. The molecule has 4 N–H and O–H groups in total. The van der Waals surface area contributed by atoms with Gasteiger partial charge in [0.25, 0.3) is 11.8 Å². The van der Waals surface area contributed by atoms with Crippen molar-refractivity contribution < 1.29 is 24.2 Å². The molecular formula is C20H29N3O5. The van der Waals surface area contributed by atoms with Crippen LogP contribution in [-0.4, -0.2) is 54.7 Å². The van der Waals surface area contributed by atoms with E-state index in [1.165, 1.54) is 7.11 Å². The molecule has 8 nitrogen and oxygen atoms in total. The number of aliphatic hydroxyl groups excluding tert-OH is 1. The van der Waals surface area contributed by atoms with E-state index in [2.05, 4.69) is 16.0 Å². The van der Waals surface area contributed by atoms with Gasteiger partial charge in [-0.05, 0) is 49.4 Å². The van der Waals surface area contributed by atoms with Crippen molar-refractivity contribution in [1.82, 2.24) is 16.0 Å². The largest absolute Gasteiger partial charge is 0.497 e. The molecule has 3 amide bonds. The standard InChI is InChI=1S/C20H29N3O5/c1-12(2)10-16(23-18(25)13-4-8-15(28-3)9-5-13)19(26)21-11-17(24)20(27)22-14-6-7-14/h4-5,8-9,12,14,16-17,24H,6-7,10-11H2,1-3H3,(H,21,26)(H,22,27)(H,23,25)/t16-,17?/m0/s1. The number of carbonyl (C=O) groups excluding carboxylic acids is 3. The van der Waals surface area contributed by atoms with Crippen molar-refractivity contribution in [1.29, 1.82) is 0 Å². The van der Waals surface area contributed by atoms with Crippen LogP contribution in [0.1, 0.15) is 43.5 Å². The second kappa shape index (κ2) is 10.1. The molecule has 0 aliphatic heterocycles. The molecule has 0 radical (unpaired) electrons. The Morgan fingerprint density at radius 2 is 1.79 bits per heavy atom. The van der Waals surface area contributed by atoms with Crippen LogP contribution < -0.4 is 20.7 Å². The van der Waals surface area contributed by atoms with Crippen LogP contribution in [0.2, 0.25) is 0 Å². The number of aliphatic hydroxyl groups is 1. The van der Waals surface area contributed by atoms with Crippen molar-refractivity contribution in [3.05, 3.63) is 29.8 Å². The fourth-order valence-corrected chi connectivity index (χ4v) is 2.63. The van der Waals surface area contributed by atoms with Crippen LogP contribution in [0.3, 0.4) is 0 Å². The number of amides is 3. The number of hydrogen-bond acceptors (Lipinski definition) is 5. The molecule has 0 bridgehead atoms. The smallest absolute Gasteiger partial charge is 0.251 e. The van der Waals surface area contributed by atoms with E-state index in [0.29, 0.717) is 17.7 Å². The van der Waals surface area contributed by atoms with E-state index in [-0.39, 0.29) is 24.4 Å². The van der Waals surface area contributed by atoms with E-state index in [4.69, 9.17) is 4.74 Å². The first-order valence-corrected chi connectivity index (χ1v) is 9.51. The zero-order chi connectivity index (χ0) is 20.7. The summed E-state index contributed by atoms with van der Waals surface area (Å²) in [5.41, 5.74) is 0.409. The molecule has 8 heteroatoms. The maximum absolute atomic E-state index is 12.5. The van der Waals surface area contributed by atoms with E-state index in [0.717, 1.165) is 12.8 Å². The molecule has 1 aliphatic carbocycles. The summed E-state index contributed by atoms with van der Waals surface area (Å²) in [5, 5.41) is 17.8. The minimum Gasteiger partial charge on any atom is -0.497 e. The highest BCUT2D eigenvalue weighted by Gasteiger charge is 2.28. The van der Waals surface area contributed by atoms with Crippen molar-refractivity contribution in [3.8, 4) is 5.75 Å². The molecule has 0 heterocycles. The lowest BCUT2D eigenvalue weighted by atomic mass is 10.0. The quantitative estimate of drug-likeness (QED) is 0.466. The number of methoxy groups -OCH3 is 1.